The van der Waals surface area contributed by atoms with Crippen molar-refractivity contribution in [3.63, 3.8) is 0 Å². The zero-order valence-corrected chi connectivity index (χ0v) is 10.3. The van der Waals surface area contributed by atoms with Crippen molar-refractivity contribution in [1.82, 2.24) is 4.98 Å². The minimum absolute atomic E-state index is 0.00411. The Morgan fingerprint density at radius 1 is 1.41 bits per heavy atom. The topological polar surface area (TPSA) is 82.0 Å². The minimum atomic E-state index is -0.500. The Bertz CT molecular complexity index is 528. The molecular formula is C10H9N3O2S2. The molecule has 17 heavy (non-hydrogen) atoms. The highest BCUT2D eigenvalue weighted by molar-refractivity contribution is 8.00. The second-order valence-corrected chi connectivity index (χ2v) is 5.40. The molecule has 5 nitrogen and oxygen atoms in total. The summed E-state index contributed by atoms with van der Waals surface area (Å²) in [5.74, 6) is 0.723. The fourth-order valence-electron chi connectivity index (χ4n) is 1.22. The van der Waals surface area contributed by atoms with Crippen LogP contribution >= 0.6 is 23.1 Å². The molecule has 0 unspecified atom stereocenters. The fourth-order valence-corrected chi connectivity index (χ4v) is 3.04. The van der Waals surface area contributed by atoms with E-state index in [1.807, 2.05) is 30.3 Å². The highest BCUT2D eigenvalue weighted by Crippen LogP contribution is 2.35. The van der Waals surface area contributed by atoms with Gasteiger partial charge in [-0.3, -0.25) is 10.1 Å². The van der Waals surface area contributed by atoms with Crippen LogP contribution in [0.5, 0.6) is 0 Å². The van der Waals surface area contributed by atoms with Crippen LogP contribution < -0.4 is 5.73 Å². The number of nitrogens with two attached hydrogens (primary N) is 1. The Morgan fingerprint density at radius 2 is 2.12 bits per heavy atom. The number of benzene rings is 1. The maximum absolute atomic E-state index is 10.6. The first kappa shape index (κ1) is 11.9. The number of rotatable bonds is 4. The van der Waals surface area contributed by atoms with Crippen molar-refractivity contribution in [3.8, 4) is 0 Å². The van der Waals surface area contributed by atoms with Crippen LogP contribution in [0.1, 0.15) is 5.56 Å². The molecule has 0 aliphatic heterocycles. The molecule has 88 valence electrons. The van der Waals surface area contributed by atoms with E-state index >= 15 is 0 Å². The zero-order valence-electron chi connectivity index (χ0n) is 8.70. The Kier molecular flexibility index (Phi) is 3.60. The molecule has 0 radical (unpaired) electrons. The summed E-state index contributed by atoms with van der Waals surface area (Å²) in [6, 6.07) is 9.85. The summed E-state index contributed by atoms with van der Waals surface area (Å²) < 4.78 is 0.623. The van der Waals surface area contributed by atoms with Gasteiger partial charge < -0.3 is 5.73 Å². The van der Waals surface area contributed by atoms with Gasteiger partial charge in [-0.25, -0.2) is 4.98 Å². The third kappa shape index (κ3) is 2.95. The lowest BCUT2D eigenvalue weighted by atomic mass is 10.2. The maximum Gasteiger partial charge on any atom is 0.368 e. The molecular weight excluding hydrogens is 258 g/mol. The summed E-state index contributed by atoms with van der Waals surface area (Å²) >= 11 is 2.46. The van der Waals surface area contributed by atoms with E-state index in [0.717, 1.165) is 22.7 Å². The van der Waals surface area contributed by atoms with Gasteiger partial charge in [0.25, 0.3) is 0 Å². The van der Waals surface area contributed by atoms with Gasteiger partial charge in [-0.15, -0.1) is 0 Å². The molecule has 1 heterocycles. The summed E-state index contributed by atoms with van der Waals surface area (Å²) in [4.78, 5) is 14.1. The lowest BCUT2D eigenvalue weighted by Gasteiger charge is -1.96. The summed E-state index contributed by atoms with van der Waals surface area (Å²) in [6.45, 7) is 0. The van der Waals surface area contributed by atoms with Crippen molar-refractivity contribution in [3.05, 3.63) is 46.0 Å². The smallest absolute Gasteiger partial charge is 0.368 e. The third-order valence-corrected chi connectivity index (χ3v) is 4.22. The van der Waals surface area contributed by atoms with Crippen molar-refractivity contribution < 1.29 is 4.92 Å². The third-order valence-electron chi connectivity index (χ3n) is 1.99. The van der Waals surface area contributed by atoms with Crippen molar-refractivity contribution >= 4 is 33.9 Å². The molecule has 0 atom stereocenters. The van der Waals surface area contributed by atoms with E-state index in [4.69, 9.17) is 5.73 Å². The molecule has 0 amide bonds. The number of thiazole rings is 1. The number of hydrogen-bond donors (Lipinski definition) is 1. The summed E-state index contributed by atoms with van der Waals surface area (Å²) in [7, 11) is 0. The summed E-state index contributed by atoms with van der Waals surface area (Å²) in [5, 5.41) is 10.5. The number of anilines is 1. The highest BCUT2D eigenvalue weighted by atomic mass is 32.2. The first-order valence-corrected chi connectivity index (χ1v) is 6.54. The van der Waals surface area contributed by atoms with Gasteiger partial charge in [-0.2, -0.15) is 0 Å². The van der Waals surface area contributed by atoms with Crippen LogP contribution in [0, 0.1) is 10.1 Å². The van der Waals surface area contributed by atoms with Crippen LogP contribution in [-0.2, 0) is 5.75 Å². The molecule has 0 aliphatic rings. The first-order valence-electron chi connectivity index (χ1n) is 4.74. The van der Waals surface area contributed by atoms with E-state index in [9.17, 15) is 10.1 Å². The molecule has 2 rings (SSSR count). The van der Waals surface area contributed by atoms with E-state index in [1.54, 1.807) is 0 Å². The van der Waals surface area contributed by atoms with E-state index < -0.39 is 4.92 Å². The molecule has 1 aromatic carbocycles. The van der Waals surface area contributed by atoms with Gasteiger partial charge in [0.1, 0.15) is 0 Å². The second kappa shape index (κ2) is 5.15. The van der Waals surface area contributed by atoms with Crippen LogP contribution in [0.4, 0.5) is 10.8 Å². The van der Waals surface area contributed by atoms with Gasteiger partial charge in [0.05, 0.1) is 4.92 Å². The average Bonchev–Trinajstić information content (AvgIpc) is 2.69. The molecule has 2 aromatic rings. The number of nitrogens with zero attached hydrogens (tertiary/aromatic N) is 2. The quantitative estimate of drug-likeness (QED) is 0.523. The predicted molar refractivity (Wildman–Crippen MR) is 69.2 cm³/mol. The largest absolute Gasteiger partial charge is 0.377 e. The van der Waals surface area contributed by atoms with Crippen LogP contribution in [0.25, 0.3) is 0 Å². The van der Waals surface area contributed by atoms with Gasteiger partial charge in [0.15, 0.2) is 4.34 Å². The number of thioether (sulfide) groups is 1. The van der Waals surface area contributed by atoms with Crippen LogP contribution in [-0.4, -0.2) is 9.91 Å². The van der Waals surface area contributed by atoms with Crippen LogP contribution in [0.15, 0.2) is 34.7 Å². The fraction of sp³-hybridized carbons (Fsp3) is 0.100. The SMILES string of the molecule is Nc1nc(SCc2ccccc2)sc1[N+](=O)[O-]. The van der Waals surface area contributed by atoms with Gasteiger partial charge in [0.2, 0.25) is 5.82 Å². The highest BCUT2D eigenvalue weighted by Gasteiger charge is 2.18. The van der Waals surface area contributed by atoms with Gasteiger partial charge in [0, 0.05) is 5.75 Å². The molecule has 0 aliphatic carbocycles. The number of nitro groups is 1. The standard InChI is InChI=1S/C10H9N3O2S2/c11-8-9(13(14)15)17-10(12-8)16-6-7-4-2-1-3-5-7/h1-5H,6,11H2. The lowest BCUT2D eigenvalue weighted by molar-refractivity contribution is -0.379. The van der Waals surface area contributed by atoms with Crippen molar-refractivity contribution in [1.29, 1.82) is 0 Å². The Hall–Kier alpha value is -1.60. The lowest BCUT2D eigenvalue weighted by Crippen LogP contribution is -1.91. The summed E-state index contributed by atoms with van der Waals surface area (Å²) in [5.41, 5.74) is 6.60. The summed E-state index contributed by atoms with van der Waals surface area (Å²) in [6.07, 6.45) is 0. The van der Waals surface area contributed by atoms with E-state index in [0.29, 0.717) is 4.34 Å². The zero-order chi connectivity index (χ0) is 12.3. The minimum Gasteiger partial charge on any atom is -0.377 e. The molecule has 7 heteroatoms. The Balaban J connectivity index is 2.05. The van der Waals surface area contributed by atoms with Crippen LogP contribution in [0.2, 0.25) is 0 Å². The van der Waals surface area contributed by atoms with E-state index in [2.05, 4.69) is 4.98 Å². The Morgan fingerprint density at radius 3 is 2.71 bits per heavy atom. The molecule has 0 saturated heterocycles. The number of hydrogen-bond acceptors (Lipinski definition) is 6. The number of nitrogen functional groups attached to an aromatic ring is 1. The predicted octanol–water partition coefficient (Wildman–Crippen LogP) is 2.93. The molecule has 0 fully saturated rings. The van der Waals surface area contributed by atoms with E-state index in [-0.39, 0.29) is 10.8 Å². The average molecular weight is 267 g/mol. The molecule has 0 spiro atoms. The van der Waals surface area contributed by atoms with Gasteiger partial charge >= 0.3 is 5.00 Å². The van der Waals surface area contributed by atoms with Gasteiger partial charge in [-0.05, 0) is 16.9 Å². The maximum atomic E-state index is 10.6. The monoisotopic (exact) mass is 267 g/mol. The molecule has 0 saturated carbocycles. The molecule has 2 N–H and O–H groups in total. The van der Waals surface area contributed by atoms with Crippen LogP contribution in [0.3, 0.4) is 0 Å². The molecule has 0 bridgehead atoms. The molecule has 1 aromatic heterocycles. The van der Waals surface area contributed by atoms with E-state index in [1.165, 1.54) is 11.8 Å². The normalized spacial score (nSPS) is 10.4. The number of aromatic nitrogens is 1. The van der Waals surface area contributed by atoms with Crippen molar-refractivity contribution in [2.24, 2.45) is 0 Å². The van der Waals surface area contributed by atoms with Crippen molar-refractivity contribution in [2.75, 3.05) is 5.73 Å². The second-order valence-electron chi connectivity index (χ2n) is 3.20. The Labute approximate surface area is 106 Å². The van der Waals surface area contributed by atoms with Gasteiger partial charge in [-0.1, -0.05) is 42.1 Å². The first-order chi connectivity index (χ1) is 8.16. The van der Waals surface area contributed by atoms with Crippen molar-refractivity contribution in [2.45, 2.75) is 10.1 Å².